The molecule has 8 heteroatoms. The van der Waals surface area contributed by atoms with Crippen LogP contribution < -0.4 is 4.74 Å². The molecule has 172 valence electrons. The Bertz CT molecular complexity index is 1250. The second-order valence-corrected chi connectivity index (χ2v) is 8.17. The zero-order chi connectivity index (χ0) is 24.6. The Morgan fingerprint density at radius 3 is 2.21 bits per heavy atom. The number of carbonyl (C=O) groups excluding carboxylic acids is 1. The number of allylic oxidation sites excluding steroid dienone is 1. The number of hydrogen-bond donors (Lipinski definition) is 1. The molecule has 2 aromatic carbocycles. The summed E-state index contributed by atoms with van der Waals surface area (Å²) >= 11 is 0. The molecule has 3 rings (SSSR count). The lowest BCUT2D eigenvalue weighted by Gasteiger charge is -2.24. The van der Waals surface area contributed by atoms with Crippen molar-refractivity contribution in [2.45, 2.75) is 39.5 Å². The van der Waals surface area contributed by atoms with Crippen molar-refractivity contribution in [3.63, 3.8) is 0 Å². The van der Waals surface area contributed by atoms with E-state index in [1.54, 1.807) is 44.2 Å². The molecular weight excluding hydrogens is 435 g/mol. The molecule has 0 bridgehead atoms. The molecule has 0 unspecified atom stereocenters. The lowest BCUT2D eigenvalue weighted by Crippen LogP contribution is -2.38. The van der Waals surface area contributed by atoms with Crippen LogP contribution >= 0.6 is 0 Å². The van der Waals surface area contributed by atoms with Gasteiger partial charge in [-0.05, 0) is 74.7 Å². The minimum absolute atomic E-state index is 0.150. The second kappa shape index (κ2) is 8.69. The lowest BCUT2D eigenvalue weighted by molar-refractivity contribution is -0.152. The van der Waals surface area contributed by atoms with E-state index in [2.05, 4.69) is 4.98 Å². The third kappa shape index (κ3) is 5.22. The van der Waals surface area contributed by atoms with Crippen molar-refractivity contribution in [1.29, 1.82) is 0 Å². The predicted octanol–water partition coefficient (Wildman–Crippen LogP) is 6.01. The molecule has 0 atom stereocenters. The zero-order valence-corrected chi connectivity index (χ0v) is 18.4. The summed E-state index contributed by atoms with van der Waals surface area (Å²) in [6.45, 7) is 6.29. The number of carboxylic acids is 1. The highest BCUT2D eigenvalue weighted by Crippen LogP contribution is 2.33. The number of aryl methyl sites for hydroxylation is 2. The quantitative estimate of drug-likeness (QED) is 0.362. The average Bonchev–Trinajstić information content (AvgIpc) is 2.73. The van der Waals surface area contributed by atoms with Crippen LogP contribution in [0.25, 0.3) is 17.0 Å². The van der Waals surface area contributed by atoms with Gasteiger partial charge in [0.15, 0.2) is 17.1 Å². The first-order chi connectivity index (χ1) is 15.3. The van der Waals surface area contributed by atoms with E-state index >= 15 is 0 Å². The number of alkyl halides is 3. The molecule has 33 heavy (non-hydrogen) atoms. The summed E-state index contributed by atoms with van der Waals surface area (Å²) in [5.74, 6) is -1.56. The summed E-state index contributed by atoms with van der Waals surface area (Å²) in [7, 11) is 0. The Labute approximate surface area is 188 Å². The number of ketones is 1. The maximum Gasteiger partial charge on any atom is 0.434 e. The minimum atomic E-state index is -4.79. The molecule has 0 aliphatic heterocycles. The standard InChI is InChI=1S/C25H22F3NO4/c1-14-11-16(12-15(2)21(14)33-24(3,4)23(31)32)9-10-20(30)18-13-17-7-5-6-8-19(17)29-22(18)25(26,27)28/h5-13H,1-4H3,(H,31,32)/b10-9+. The van der Waals surface area contributed by atoms with E-state index < -0.39 is 34.8 Å². The number of halogens is 3. The van der Waals surface area contributed by atoms with Crippen LogP contribution in [0, 0.1) is 13.8 Å². The van der Waals surface area contributed by atoms with Gasteiger partial charge in [0, 0.05) is 5.39 Å². The smallest absolute Gasteiger partial charge is 0.434 e. The van der Waals surface area contributed by atoms with E-state index in [0.29, 0.717) is 27.8 Å². The first-order valence-corrected chi connectivity index (χ1v) is 10.0. The Kier molecular flexibility index (Phi) is 6.31. The van der Waals surface area contributed by atoms with Gasteiger partial charge in [-0.25, -0.2) is 9.78 Å². The number of benzene rings is 2. The fourth-order valence-corrected chi connectivity index (χ4v) is 3.32. The van der Waals surface area contributed by atoms with Crippen molar-refractivity contribution in [2.75, 3.05) is 0 Å². The molecule has 0 saturated carbocycles. The summed E-state index contributed by atoms with van der Waals surface area (Å²) in [5, 5.41) is 9.71. The summed E-state index contributed by atoms with van der Waals surface area (Å²) < 4.78 is 46.3. The molecule has 0 spiro atoms. The van der Waals surface area contributed by atoms with Crippen LogP contribution in [0.15, 0.2) is 48.5 Å². The van der Waals surface area contributed by atoms with E-state index in [9.17, 15) is 27.9 Å². The normalized spacial score (nSPS) is 12.3. The third-order valence-electron chi connectivity index (χ3n) is 5.04. The third-order valence-corrected chi connectivity index (χ3v) is 5.04. The number of para-hydroxylation sites is 1. The highest BCUT2D eigenvalue weighted by molar-refractivity contribution is 6.09. The topological polar surface area (TPSA) is 76.5 Å². The number of nitrogens with zero attached hydrogens (tertiary/aromatic N) is 1. The summed E-state index contributed by atoms with van der Waals surface area (Å²) in [6, 6.07) is 10.8. The Hall–Kier alpha value is -3.68. The van der Waals surface area contributed by atoms with Crippen LogP contribution in [-0.4, -0.2) is 27.4 Å². The summed E-state index contributed by atoms with van der Waals surface area (Å²) in [5.41, 5.74) is -1.26. The molecule has 0 saturated heterocycles. The number of aliphatic carboxylic acids is 1. The van der Waals surface area contributed by atoms with Gasteiger partial charge in [-0.1, -0.05) is 24.3 Å². The first kappa shape index (κ1) is 24.0. The van der Waals surface area contributed by atoms with Crippen LogP contribution in [0.2, 0.25) is 0 Å². The molecule has 0 aliphatic rings. The lowest BCUT2D eigenvalue weighted by atomic mass is 10.0. The molecule has 1 heterocycles. The van der Waals surface area contributed by atoms with E-state index in [1.165, 1.54) is 32.1 Å². The van der Waals surface area contributed by atoms with Gasteiger partial charge in [0.05, 0.1) is 11.1 Å². The highest BCUT2D eigenvalue weighted by Gasteiger charge is 2.37. The minimum Gasteiger partial charge on any atom is -0.478 e. The van der Waals surface area contributed by atoms with E-state index in [0.717, 1.165) is 6.08 Å². The molecule has 5 nitrogen and oxygen atoms in total. The molecular formula is C25H22F3NO4. The van der Waals surface area contributed by atoms with Crippen molar-refractivity contribution < 1.29 is 32.6 Å². The van der Waals surface area contributed by atoms with Crippen molar-refractivity contribution in [2.24, 2.45) is 0 Å². The highest BCUT2D eigenvalue weighted by atomic mass is 19.4. The molecule has 1 N–H and O–H groups in total. The zero-order valence-electron chi connectivity index (χ0n) is 18.4. The molecule has 0 aliphatic carbocycles. The van der Waals surface area contributed by atoms with Crippen molar-refractivity contribution in [3.05, 3.63) is 76.5 Å². The molecule has 1 aromatic heterocycles. The molecule has 3 aromatic rings. The van der Waals surface area contributed by atoms with Gasteiger partial charge >= 0.3 is 12.1 Å². The number of carbonyl (C=O) groups is 2. The van der Waals surface area contributed by atoms with Gasteiger partial charge in [0.1, 0.15) is 5.75 Å². The Morgan fingerprint density at radius 1 is 1.03 bits per heavy atom. The first-order valence-electron chi connectivity index (χ1n) is 10.0. The van der Waals surface area contributed by atoms with Crippen molar-refractivity contribution >= 4 is 28.7 Å². The van der Waals surface area contributed by atoms with Crippen LogP contribution in [0.1, 0.15) is 46.6 Å². The van der Waals surface area contributed by atoms with Gasteiger partial charge in [0.25, 0.3) is 0 Å². The number of hydrogen-bond acceptors (Lipinski definition) is 4. The number of pyridine rings is 1. The average molecular weight is 457 g/mol. The van der Waals surface area contributed by atoms with Crippen molar-refractivity contribution in [3.8, 4) is 5.75 Å². The van der Waals surface area contributed by atoms with Crippen LogP contribution in [0.4, 0.5) is 13.2 Å². The van der Waals surface area contributed by atoms with Gasteiger partial charge in [0.2, 0.25) is 0 Å². The van der Waals surface area contributed by atoms with Gasteiger partial charge in [-0.15, -0.1) is 0 Å². The van der Waals surface area contributed by atoms with Gasteiger partial charge in [-0.3, -0.25) is 4.79 Å². The van der Waals surface area contributed by atoms with Gasteiger partial charge < -0.3 is 9.84 Å². The van der Waals surface area contributed by atoms with E-state index in [-0.39, 0.29) is 5.52 Å². The SMILES string of the molecule is Cc1cc(/C=C/C(=O)c2cc3ccccc3nc2C(F)(F)F)cc(C)c1OC(C)(C)C(=O)O. The fourth-order valence-electron chi connectivity index (χ4n) is 3.32. The number of rotatable bonds is 6. The maximum atomic E-state index is 13.5. The van der Waals surface area contributed by atoms with E-state index in [1.807, 2.05) is 0 Å². The van der Waals surface area contributed by atoms with E-state index in [4.69, 9.17) is 4.74 Å². The summed E-state index contributed by atoms with van der Waals surface area (Å²) in [6.07, 6.45) is -2.31. The maximum absolute atomic E-state index is 13.5. The van der Waals surface area contributed by atoms with Crippen molar-refractivity contribution in [1.82, 2.24) is 4.98 Å². The van der Waals surface area contributed by atoms with Crippen LogP contribution in [0.5, 0.6) is 5.75 Å². The molecule has 0 fully saturated rings. The molecule has 0 radical (unpaired) electrons. The number of aromatic nitrogens is 1. The monoisotopic (exact) mass is 457 g/mol. The molecule has 0 amide bonds. The number of fused-ring (bicyclic) bond motifs is 1. The second-order valence-electron chi connectivity index (χ2n) is 8.17. The summed E-state index contributed by atoms with van der Waals surface area (Å²) in [4.78, 5) is 27.7. The van der Waals surface area contributed by atoms with Crippen LogP contribution in [-0.2, 0) is 11.0 Å². The van der Waals surface area contributed by atoms with Gasteiger partial charge in [-0.2, -0.15) is 13.2 Å². The largest absolute Gasteiger partial charge is 0.478 e. The Balaban J connectivity index is 1.95. The predicted molar refractivity (Wildman–Crippen MR) is 118 cm³/mol. The Morgan fingerprint density at radius 2 is 1.64 bits per heavy atom. The van der Waals surface area contributed by atoms with Crippen LogP contribution in [0.3, 0.4) is 0 Å². The number of ether oxygens (including phenoxy) is 1. The number of carboxylic acid groups (broad SMARTS) is 1. The fraction of sp³-hybridized carbons (Fsp3) is 0.240.